The van der Waals surface area contributed by atoms with E-state index in [-0.39, 0.29) is 25.2 Å². The molecule has 1 saturated heterocycles. The van der Waals surface area contributed by atoms with Crippen LogP contribution in [0, 0.1) is 11.8 Å². The summed E-state index contributed by atoms with van der Waals surface area (Å²) in [4.78, 5) is 16.5. The Morgan fingerprint density at radius 1 is 1.11 bits per heavy atom. The lowest BCUT2D eigenvalue weighted by Gasteiger charge is -2.37. The molecule has 2 atom stereocenters. The minimum absolute atomic E-state index is 0.0258. The molecule has 2 fully saturated rings. The van der Waals surface area contributed by atoms with Crippen molar-refractivity contribution >= 4 is 27.3 Å². The van der Waals surface area contributed by atoms with Crippen molar-refractivity contribution in [3.05, 3.63) is 52.7 Å². The molecule has 1 aromatic carbocycles. The summed E-state index contributed by atoms with van der Waals surface area (Å²) in [7, 11) is 0.827. The Hall–Kier alpha value is -1.78. The first-order valence-corrected chi connectivity index (χ1v) is 15.8. The first kappa shape index (κ1) is 28.2. The number of nitrogens with zero attached hydrogens (tertiary/aromatic N) is 2. The van der Waals surface area contributed by atoms with Crippen molar-refractivity contribution in [1.82, 2.24) is 14.5 Å². The van der Waals surface area contributed by atoms with Crippen LogP contribution in [0.3, 0.4) is 0 Å². The molecule has 204 valence electrons. The van der Waals surface area contributed by atoms with Gasteiger partial charge in [-0.2, -0.15) is 4.31 Å². The summed E-state index contributed by atoms with van der Waals surface area (Å²) >= 11 is 1.85. The lowest BCUT2D eigenvalue weighted by atomic mass is 9.76. The second-order valence-electron chi connectivity index (χ2n) is 10.6. The Morgan fingerprint density at radius 3 is 2.54 bits per heavy atom. The number of carbonyl (C=O) groups excluding carboxylic acids is 1. The smallest absolute Gasteiger partial charge is 0.246 e. The van der Waals surface area contributed by atoms with Crippen molar-refractivity contribution in [2.45, 2.75) is 62.0 Å². The summed E-state index contributed by atoms with van der Waals surface area (Å²) in [5.74, 6) is 1.22. The zero-order valence-electron chi connectivity index (χ0n) is 22.1. The standard InChI is InChI=1S/C28H41N3O4S2/c1-30(2)28(26-11-7-19-36-26)23-14-12-22(13-15-23)16-17-29-27(32)21-35-24-8-6-18-31(20-24)37(33,34)25-9-4-3-5-10-25/h3-5,7,9-11,19,22-24,28H,6,8,12-18,20-21H2,1-2H3,(H,29,32). The van der Waals surface area contributed by atoms with Crippen LogP contribution in [0.2, 0.25) is 0 Å². The fourth-order valence-corrected chi connectivity index (χ4v) is 8.37. The van der Waals surface area contributed by atoms with Gasteiger partial charge in [0.1, 0.15) is 6.61 Å². The number of ether oxygens (including phenoxy) is 1. The van der Waals surface area contributed by atoms with Gasteiger partial charge in [-0.15, -0.1) is 11.3 Å². The van der Waals surface area contributed by atoms with Crippen LogP contribution in [0.5, 0.6) is 0 Å². The van der Waals surface area contributed by atoms with Gasteiger partial charge in [0, 0.05) is 30.6 Å². The monoisotopic (exact) mass is 547 g/mol. The Labute approximate surface area is 226 Å². The van der Waals surface area contributed by atoms with Gasteiger partial charge in [-0.3, -0.25) is 4.79 Å². The van der Waals surface area contributed by atoms with Crippen LogP contribution in [0.4, 0.5) is 0 Å². The van der Waals surface area contributed by atoms with Crippen LogP contribution in [0.1, 0.15) is 55.9 Å². The van der Waals surface area contributed by atoms with Gasteiger partial charge in [0.25, 0.3) is 0 Å². The number of sulfonamides is 1. The van der Waals surface area contributed by atoms with Crippen molar-refractivity contribution in [2.75, 3.05) is 40.3 Å². The predicted octanol–water partition coefficient (Wildman–Crippen LogP) is 4.53. The molecule has 2 aromatic rings. The molecule has 1 aliphatic carbocycles. The molecule has 9 heteroatoms. The van der Waals surface area contributed by atoms with Gasteiger partial charge < -0.3 is 15.0 Å². The highest BCUT2D eigenvalue weighted by Gasteiger charge is 2.32. The average molecular weight is 548 g/mol. The summed E-state index contributed by atoms with van der Waals surface area (Å²) in [6.45, 7) is 1.40. The number of nitrogens with one attached hydrogen (secondary N) is 1. The molecule has 7 nitrogen and oxygen atoms in total. The largest absolute Gasteiger partial charge is 0.367 e. The number of carbonyl (C=O) groups is 1. The van der Waals surface area contributed by atoms with Crippen molar-refractivity contribution in [3.63, 3.8) is 0 Å². The van der Waals surface area contributed by atoms with Crippen molar-refractivity contribution in [2.24, 2.45) is 11.8 Å². The van der Waals surface area contributed by atoms with Crippen molar-refractivity contribution < 1.29 is 17.9 Å². The number of thiophene rings is 1. The van der Waals surface area contributed by atoms with Gasteiger partial charge in [-0.1, -0.05) is 37.1 Å². The average Bonchev–Trinajstić information content (AvgIpc) is 3.43. The summed E-state index contributed by atoms with van der Waals surface area (Å²) in [6, 6.07) is 13.4. The molecule has 1 saturated carbocycles. The van der Waals surface area contributed by atoms with E-state index >= 15 is 0 Å². The molecule has 0 radical (unpaired) electrons. The zero-order chi connectivity index (χ0) is 26.3. The number of benzene rings is 1. The van der Waals surface area contributed by atoms with Crippen LogP contribution < -0.4 is 5.32 Å². The van der Waals surface area contributed by atoms with Crippen LogP contribution in [-0.4, -0.2) is 70.0 Å². The SMILES string of the molecule is CN(C)C(c1cccs1)C1CCC(CCNC(=O)COC2CCCN(S(=O)(=O)c3ccccc3)C2)CC1. The van der Waals surface area contributed by atoms with Crippen LogP contribution in [0.15, 0.2) is 52.7 Å². The molecule has 0 bridgehead atoms. The first-order valence-electron chi connectivity index (χ1n) is 13.5. The fourth-order valence-electron chi connectivity index (χ4n) is 5.82. The highest BCUT2D eigenvalue weighted by molar-refractivity contribution is 7.89. The van der Waals surface area contributed by atoms with E-state index in [1.807, 2.05) is 11.3 Å². The summed E-state index contributed by atoms with van der Waals surface area (Å²) in [5, 5.41) is 5.18. The molecule has 4 rings (SSSR count). The Kier molecular flexibility index (Phi) is 10.2. The van der Waals surface area contributed by atoms with E-state index in [4.69, 9.17) is 4.74 Å². The first-order chi connectivity index (χ1) is 17.8. The quantitative estimate of drug-likeness (QED) is 0.447. The minimum atomic E-state index is -3.54. The Morgan fingerprint density at radius 2 is 1.86 bits per heavy atom. The van der Waals surface area contributed by atoms with E-state index in [1.165, 1.54) is 34.9 Å². The van der Waals surface area contributed by atoms with Crippen LogP contribution >= 0.6 is 11.3 Å². The third-order valence-corrected chi connectivity index (χ3v) is 10.6. The molecule has 2 unspecified atom stereocenters. The molecule has 1 aromatic heterocycles. The van der Waals surface area contributed by atoms with Crippen molar-refractivity contribution in [3.8, 4) is 0 Å². The lowest BCUT2D eigenvalue weighted by Crippen LogP contribution is -2.44. The molecular weight excluding hydrogens is 506 g/mol. The normalized spacial score (nSPS) is 24.1. The third kappa shape index (κ3) is 7.63. The summed E-state index contributed by atoms with van der Waals surface area (Å²) in [5.41, 5.74) is 0. The highest BCUT2D eigenvalue weighted by atomic mass is 32.2. The molecule has 37 heavy (non-hydrogen) atoms. The van der Waals surface area contributed by atoms with Gasteiger partial charge in [0.05, 0.1) is 11.0 Å². The number of hydrogen-bond acceptors (Lipinski definition) is 6. The van der Waals surface area contributed by atoms with Crippen LogP contribution in [0.25, 0.3) is 0 Å². The van der Waals surface area contributed by atoms with Crippen molar-refractivity contribution in [1.29, 1.82) is 0 Å². The maximum absolute atomic E-state index is 12.9. The van der Waals surface area contributed by atoms with E-state index in [1.54, 1.807) is 30.3 Å². The Balaban J connectivity index is 1.14. The third-order valence-electron chi connectivity index (χ3n) is 7.78. The zero-order valence-corrected chi connectivity index (χ0v) is 23.7. The van der Waals surface area contributed by atoms with Gasteiger partial charge >= 0.3 is 0 Å². The van der Waals surface area contributed by atoms with E-state index < -0.39 is 10.0 Å². The topological polar surface area (TPSA) is 79.0 Å². The van der Waals surface area contributed by atoms with E-state index in [0.717, 1.165) is 19.3 Å². The number of amides is 1. The lowest BCUT2D eigenvalue weighted by molar-refractivity contribution is -0.128. The van der Waals surface area contributed by atoms with Crippen LogP contribution in [-0.2, 0) is 19.6 Å². The summed E-state index contributed by atoms with van der Waals surface area (Å²) in [6.07, 6.45) is 7.09. The predicted molar refractivity (Wildman–Crippen MR) is 148 cm³/mol. The molecule has 1 aliphatic heterocycles. The molecular formula is C28H41N3O4S2. The second kappa shape index (κ2) is 13.3. The van der Waals surface area contributed by atoms with Gasteiger partial charge in [0.15, 0.2) is 0 Å². The van der Waals surface area contributed by atoms with Gasteiger partial charge in [0.2, 0.25) is 15.9 Å². The minimum Gasteiger partial charge on any atom is -0.367 e. The molecule has 0 spiro atoms. The van der Waals surface area contributed by atoms with Gasteiger partial charge in [-0.25, -0.2) is 8.42 Å². The highest BCUT2D eigenvalue weighted by Crippen LogP contribution is 2.41. The number of piperidine rings is 1. The fraction of sp³-hybridized carbons (Fsp3) is 0.607. The van der Waals surface area contributed by atoms with E-state index in [9.17, 15) is 13.2 Å². The van der Waals surface area contributed by atoms with E-state index in [0.29, 0.717) is 35.9 Å². The number of hydrogen-bond donors (Lipinski definition) is 1. The van der Waals surface area contributed by atoms with E-state index in [2.05, 4.69) is 41.8 Å². The molecule has 2 aliphatic rings. The maximum Gasteiger partial charge on any atom is 0.246 e. The second-order valence-corrected chi connectivity index (χ2v) is 13.5. The molecule has 2 heterocycles. The molecule has 1 N–H and O–H groups in total. The maximum atomic E-state index is 12.9. The van der Waals surface area contributed by atoms with Gasteiger partial charge in [-0.05, 0) is 81.6 Å². The Bertz CT molecular complexity index is 1070. The number of rotatable bonds is 11. The summed E-state index contributed by atoms with van der Waals surface area (Å²) < 4.78 is 33.1. The molecule has 1 amide bonds.